The lowest BCUT2D eigenvalue weighted by atomic mass is 10.3. The Labute approximate surface area is 123 Å². The molecule has 0 amide bonds. The first-order valence-electron chi connectivity index (χ1n) is 4.78. The molecule has 7 nitrogen and oxygen atoms in total. The second-order valence-corrected chi connectivity index (χ2v) is 5.96. The summed E-state index contributed by atoms with van der Waals surface area (Å²) in [7, 11) is -4.87. The number of sulfonamides is 1. The highest BCUT2D eigenvalue weighted by atomic mass is 79.9. The van der Waals surface area contributed by atoms with Crippen molar-refractivity contribution < 1.29 is 35.7 Å². The summed E-state index contributed by atoms with van der Waals surface area (Å²) in [4.78, 5) is 13.1. The van der Waals surface area contributed by atoms with Crippen LogP contribution in [0, 0.1) is 15.9 Å². The lowest BCUT2D eigenvalue weighted by molar-refractivity contribution is -0.385. The number of alkyl halides is 3. The zero-order chi connectivity index (χ0) is 16.4. The normalized spacial score (nSPS) is 12.4. The fourth-order valence-electron chi connectivity index (χ4n) is 1.08. The van der Waals surface area contributed by atoms with Gasteiger partial charge < -0.3 is 0 Å². The molecule has 0 saturated heterocycles. The Hall–Kier alpha value is -1.31. The van der Waals surface area contributed by atoms with Gasteiger partial charge >= 0.3 is 6.18 Å². The number of nitrogens with zero attached hydrogens (tertiary/aromatic N) is 1. The summed E-state index contributed by atoms with van der Waals surface area (Å²) in [6.45, 7) is -1.95. The summed E-state index contributed by atoms with van der Waals surface area (Å²) in [5.41, 5.74) is -0.778. The maximum absolute atomic E-state index is 13.6. The minimum atomic E-state index is -4.87. The van der Waals surface area contributed by atoms with E-state index in [9.17, 15) is 36.1 Å². The molecular formula is C8H5BrF4N2O5S. The van der Waals surface area contributed by atoms with Gasteiger partial charge in [-0.3, -0.25) is 15.0 Å². The van der Waals surface area contributed by atoms with Crippen LogP contribution in [0.4, 0.5) is 23.2 Å². The van der Waals surface area contributed by atoms with Gasteiger partial charge in [-0.2, -0.15) is 13.2 Å². The van der Waals surface area contributed by atoms with Gasteiger partial charge in [0.2, 0.25) is 0 Å². The Kier molecular flexibility index (Phi) is 5.25. The van der Waals surface area contributed by atoms with Crippen LogP contribution in [0.3, 0.4) is 0 Å². The number of halogens is 5. The van der Waals surface area contributed by atoms with Crippen LogP contribution in [-0.4, -0.2) is 26.1 Å². The number of nitro groups is 1. The molecule has 0 aromatic heterocycles. The Morgan fingerprint density at radius 2 is 1.95 bits per heavy atom. The van der Waals surface area contributed by atoms with Gasteiger partial charge in [-0.25, -0.2) is 12.8 Å². The fourth-order valence-corrected chi connectivity index (χ4v) is 2.59. The van der Waals surface area contributed by atoms with Crippen molar-refractivity contribution in [3.8, 4) is 0 Å². The second kappa shape index (κ2) is 6.21. The largest absolute Gasteiger partial charge is 0.413 e. The van der Waals surface area contributed by atoms with E-state index in [0.29, 0.717) is 12.1 Å². The van der Waals surface area contributed by atoms with Crippen molar-refractivity contribution in [2.45, 2.75) is 11.1 Å². The number of non-ortho nitro benzene ring substituents is 1. The smallest absolute Gasteiger partial charge is 0.277 e. The van der Waals surface area contributed by atoms with Crippen molar-refractivity contribution in [3.05, 3.63) is 32.5 Å². The molecule has 0 atom stereocenters. The highest BCUT2D eigenvalue weighted by Gasteiger charge is 2.30. The highest BCUT2D eigenvalue weighted by Crippen LogP contribution is 2.28. The molecule has 0 spiro atoms. The second-order valence-electron chi connectivity index (χ2n) is 3.49. The van der Waals surface area contributed by atoms with E-state index in [1.54, 1.807) is 0 Å². The van der Waals surface area contributed by atoms with Gasteiger partial charge in [0.05, 0.1) is 9.40 Å². The summed E-state index contributed by atoms with van der Waals surface area (Å²) >= 11 is 2.57. The van der Waals surface area contributed by atoms with E-state index in [-0.39, 0.29) is 0 Å². The Morgan fingerprint density at radius 1 is 1.38 bits per heavy atom. The predicted octanol–water partition coefficient (Wildman–Crippen LogP) is 2.27. The van der Waals surface area contributed by atoms with Gasteiger partial charge in [0.15, 0.2) is 12.4 Å². The van der Waals surface area contributed by atoms with Gasteiger partial charge in [0.1, 0.15) is 4.90 Å². The quantitative estimate of drug-likeness (QED) is 0.467. The molecule has 0 aliphatic rings. The molecule has 0 bridgehead atoms. The minimum absolute atomic E-state index is 0.347. The number of nitrogens with one attached hydrogen (secondary N) is 1. The number of rotatable bonds is 5. The van der Waals surface area contributed by atoms with Gasteiger partial charge in [0.25, 0.3) is 15.7 Å². The van der Waals surface area contributed by atoms with Gasteiger partial charge in [-0.1, -0.05) is 4.89 Å². The van der Waals surface area contributed by atoms with Crippen molar-refractivity contribution in [2.24, 2.45) is 0 Å². The van der Waals surface area contributed by atoms with E-state index in [1.165, 1.54) is 0 Å². The molecule has 0 unspecified atom stereocenters. The topological polar surface area (TPSA) is 98.5 Å². The zero-order valence-electron chi connectivity index (χ0n) is 9.65. The third-order valence-corrected chi connectivity index (χ3v) is 3.67. The van der Waals surface area contributed by atoms with Gasteiger partial charge in [-0.05, 0) is 15.9 Å². The fraction of sp³-hybridized carbons (Fsp3) is 0.250. The maximum Gasteiger partial charge on any atom is 0.413 e. The van der Waals surface area contributed by atoms with E-state index < -0.39 is 48.6 Å². The molecule has 21 heavy (non-hydrogen) atoms. The standard InChI is InChI=1S/C8H5BrF4N2O5S/c9-5-1-4(15(16)17)2-6(7(5)10)21(18,19)14-20-3-8(11,12)13/h1-2,14H,3H2. The molecule has 0 aliphatic carbocycles. The Balaban J connectivity index is 3.11. The monoisotopic (exact) mass is 396 g/mol. The SMILES string of the molecule is O=[N+]([O-])c1cc(Br)c(F)c(S(=O)(=O)NOCC(F)(F)F)c1. The van der Waals surface area contributed by atoms with Crippen molar-refractivity contribution in [1.29, 1.82) is 0 Å². The summed E-state index contributed by atoms with van der Waals surface area (Å²) in [6.07, 6.45) is -4.82. The first kappa shape index (κ1) is 17.7. The molecule has 118 valence electrons. The molecule has 0 heterocycles. The van der Waals surface area contributed by atoms with E-state index in [1.807, 2.05) is 0 Å². The number of hydrogen-bond donors (Lipinski definition) is 1. The molecule has 0 radical (unpaired) electrons. The number of nitro benzene ring substituents is 1. The van der Waals surface area contributed by atoms with Gasteiger partial charge in [0, 0.05) is 12.1 Å². The molecular weight excluding hydrogens is 392 g/mol. The number of benzene rings is 1. The predicted molar refractivity (Wildman–Crippen MR) is 63.1 cm³/mol. The van der Waals surface area contributed by atoms with E-state index in [2.05, 4.69) is 20.8 Å². The van der Waals surface area contributed by atoms with Crippen molar-refractivity contribution in [2.75, 3.05) is 6.61 Å². The van der Waals surface area contributed by atoms with Crippen LogP contribution in [0.25, 0.3) is 0 Å². The highest BCUT2D eigenvalue weighted by molar-refractivity contribution is 9.10. The molecule has 1 N–H and O–H groups in total. The van der Waals surface area contributed by atoms with Crippen LogP contribution in [0.5, 0.6) is 0 Å². The van der Waals surface area contributed by atoms with Crippen LogP contribution in [0.1, 0.15) is 0 Å². The molecule has 13 heteroatoms. The molecule has 0 fully saturated rings. The molecule has 1 rings (SSSR count). The Bertz CT molecular complexity index is 663. The Morgan fingerprint density at radius 3 is 2.43 bits per heavy atom. The average molecular weight is 397 g/mol. The van der Waals surface area contributed by atoms with Crippen LogP contribution >= 0.6 is 15.9 Å². The molecule has 0 saturated carbocycles. The van der Waals surface area contributed by atoms with E-state index in [0.717, 1.165) is 4.89 Å². The number of hydrogen-bond acceptors (Lipinski definition) is 5. The van der Waals surface area contributed by atoms with Gasteiger partial charge in [-0.15, -0.1) is 0 Å². The first-order valence-corrected chi connectivity index (χ1v) is 7.05. The lowest BCUT2D eigenvalue weighted by Gasteiger charge is -2.10. The summed E-state index contributed by atoms with van der Waals surface area (Å²) in [6, 6.07) is 1.05. The maximum atomic E-state index is 13.6. The summed E-state index contributed by atoms with van der Waals surface area (Å²) in [5, 5.41) is 10.6. The van der Waals surface area contributed by atoms with E-state index in [4.69, 9.17) is 0 Å². The third kappa shape index (κ3) is 4.87. The molecule has 1 aromatic rings. The van der Waals surface area contributed by atoms with Crippen LogP contribution < -0.4 is 4.89 Å². The van der Waals surface area contributed by atoms with Crippen molar-refractivity contribution in [1.82, 2.24) is 4.89 Å². The van der Waals surface area contributed by atoms with Crippen molar-refractivity contribution in [3.63, 3.8) is 0 Å². The zero-order valence-corrected chi connectivity index (χ0v) is 12.1. The summed E-state index contributed by atoms with van der Waals surface area (Å²) in [5.74, 6) is -1.41. The molecule has 1 aromatic carbocycles. The van der Waals surface area contributed by atoms with E-state index >= 15 is 0 Å². The van der Waals surface area contributed by atoms with Crippen LogP contribution in [0.15, 0.2) is 21.5 Å². The molecule has 0 aliphatic heterocycles. The van der Waals surface area contributed by atoms with Crippen molar-refractivity contribution >= 4 is 31.6 Å². The first-order chi connectivity index (χ1) is 9.44. The third-order valence-electron chi connectivity index (χ3n) is 1.88. The minimum Gasteiger partial charge on any atom is -0.277 e. The summed E-state index contributed by atoms with van der Waals surface area (Å²) < 4.78 is 71.7. The average Bonchev–Trinajstić information content (AvgIpc) is 2.29. The van der Waals surface area contributed by atoms with Crippen LogP contribution in [0.2, 0.25) is 0 Å². The lowest BCUT2D eigenvalue weighted by Crippen LogP contribution is -2.30. The van der Waals surface area contributed by atoms with Crippen LogP contribution in [-0.2, 0) is 14.9 Å².